The van der Waals surface area contributed by atoms with Crippen molar-refractivity contribution >= 4 is 17.8 Å². The van der Waals surface area contributed by atoms with Gasteiger partial charge in [0.05, 0.1) is 11.5 Å². The van der Waals surface area contributed by atoms with Gasteiger partial charge in [0.15, 0.2) is 0 Å². The molecule has 3 rings (SSSR count). The number of fused-ring (bicyclic) bond motifs is 1. The molecule has 0 aliphatic carbocycles. The van der Waals surface area contributed by atoms with Crippen molar-refractivity contribution < 1.29 is 29.0 Å². The van der Waals surface area contributed by atoms with Crippen LogP contribution in [0.15, 0.2) is 25.3 Å². The third kappa shape index (κ3) is 5.18. The molecule has 3 saturated heterocycles. The number of hydrogen-bond acceptors (Lipinski definition) is 6. The van der Waals surface area contributed by atoms with Crippen LogP contribution in [0.25, 0.3) is 0 Å². The molecule has 0 aromatic carbocycles. The van der Waals surface area contributed by atoms with E-state index in [9.17, 15) is 19.5 Å². The number of aliphatic hydroxyl groups is 1. The Kier molecular flexibility index (Phi) is 8.89. The number of amides is 2. The average molecular weight is 533 g/mol. The molecule has 3 aliphatic rings. The summed E-state index contributed by atoms with van der Waals surface area (Å²) in [6, 6.07) is -0.858. The Bertz CT molecular complexity index is 940. The molecule has 214 valence electrons. The van der Waals surface area contributed by atoms with Gasteiger partial charge in [-0.3, -0.25) is 14.4 Å². The Morgan fingerprint density at radius 1 is 1.18 bits per heavy atom. The summed E-state index contributed by atoms with van der Waals surface area (Å²) in [5, 5.41) is 9.40. The number of esters is 1. The molecular formula is C30H48N2O6. The Morgan fingerprint density at radius 3 is 2.42 bits per heavy atom. The maximum Gasteiger partial charge on any atom is 0.313 e. The molecule has 0 radical (unpaired) electrons. The topological polar surface area (TPSA) is 96.4 Å². The van der Waals surface area contributed by atoms with Crippen molar-refractivity contribution in [1.29, 1.82) is 0 Å². The number of aliphatic hydroxyl groups excluding tert-OH is 1. The standard InChI is InChI=1S/C30H48N2O6/c1-9-16-32(28(7,8)20-27(4,5)6)25(35)23-30-15-14-29(11-3,38-30)22(26(36)37-19-10-2)21(30)24(34)31(23)17-12-13-18-33/h9-10,21-23,33H,1-2,11-20H2,3-8H3/t21-,22-,23?,29+,30?/m0/s1. The highest BCUT2D eigenvalue weighted by Gasteiger charge is 2.79. The minimum Gasteiger partial charge on any atom is -0.461 e. The first-order valence-electron chi connectivity index (χ1n) is 14.1. The van der Waals surface area contributed by atoms with E-state index in [2.05, 4.69) is 47.8 Å². The first-order chi connectivity index (χ1) is 17.7. The smallest absolute Gasteiger partial charge is 0.313 e. The fourth-order valence-electron chi connectivity index (χ4n) is 7.53. The molecule has 3 fully saturated rings. The molecule has 0 aromatic rings. The van der Waals surface area contributed by atoms with Crippen molar-refractivity contribution in [3.8, 4) is 0 Å². The number of hydrogen-bond donors (Lipinski definition) is 1. The van der Waals surface area contributed by atoms with Crippen LogP contribution in [0.2, 0.25) is 0 Å². The van der Waals surface area contributed by atoms with Gasteiger partial charge in [0.1, 0.15) is 24.2 Å². The van der Waals surface area contributed by atoms with Gasteiger partial charge in [0.2, 0.25) is 11.8 Å². The fourth-order valence-corrected chi connectivity index (χ4v) is 7.53. The normalized spacial score (nSPS) is 30.3. The van der Waals surface area contributed by atoms with Gasteiger partial charge < -0.3 is 24.4 Å². The van der Waals surface area contributed by atoms with Crippen LogP contribution in [0.4, 0.5) is 0 Å². The summed E-state index contributed by atoms with van der Waals surface area (Å²) in [7, 11) is 0. The van der Waals surface area contributed by atoms with E-state index in [4.69, 9.17) is 9.47 Å². The van der Waals surface area contributed by atoms with E-state index in [-0.39, 0.29) is 30.4 Å². The lowest BCUT2D eigenvalue weighted by atomic mass is 9.65. The second-order valence-electron chi connectivity index (χ2n) is 13.0. The van der Waals surface area contributed by atoms with Crippen LogP contribution < -0.4 is 0 Å². The molecular weight excluding hydrogens is 484 g/mol. The summed E-state index contributed by atoms with van der Waals surface area (Å²) in [6.07, 6.45) is 6.69. The Morgan fingerprint density at radius 2 is 1.87 bits per heavy atom. The zero-order valence-corrected chi connectivity index (χ0v) is 24.3. The van der Waals surface area contributed by atoms with Crippen molar-refractivity contribution in [2.24, 2.45) is 17.3 Å². The lowest BCUT2D eigenvalue weighted by Crippen LogP contribution is -2.61. The summed E-state index contributed by atoms with van der Waals surface area (Å²) in [5.74, 6) is -2.43. The molecule has 8 heteroatoms. The number of ether oxygens (including phenoxy) is 2. The molecule has 2 amide bonds. The Hall–Kier alpha value is -2.19. The van der Waals surface area contributed by atoms with Crippen LogP contribution in [0.3, 0.4) is 0 Å². The molecule has 3 aliphatic heterocycles. The van der Waals surface area contributed by atoms with Gasteiger partial charge in [-0.25, -0.2) is 0 Å². The maximum atomic E-state index is 14.6. The summed E-state index contributed by atoms with van der Waals surface area (Å²) in [6.45, 7) is 20.8. The van der Waals surface area contributed by atoms with Crippen molar-refractivity contribution in [1.82, 2.24) is 9.80 Å². The highest BCUT2D eigenvalue weighted by atomic mass is 16.6. The van der Waals surface area contributed by atoms with Crippen molar-refractivity contribution in [3.05, 3.63) is 25.3 Å². The summed E-state index contributed by atoms with van der Waals surface area (Å²) < 4.78 is 12.3. The molecule has 3 heterocycles. The number of carbonyl (C=O) groups excluding carboxylic acids is 3. The Labute approximate surface area is 228 Å². The maximum absolute atomic E-state index is 14.6. The molecule has 1 spiro atoms. The predicted octanol–water partition coefficient (Wildman–Crippen LogP) is 3.87. The lowest BCUT2D eigenvalue weighted by molar-refractivity contribution is -0.162. The zero-order valence-electron chi connectivity index (χ0n) is 24.3. The summed E-state index contributed by atoms with van der Waals surface area (Å²) in [5.41, 5.74) is -2.48. The van der Waals surface area contributed by atoms with Crippen molar-refractivity contribution in [3.63, 3.8) is 0 Å². The van der Waals surface area contributed by atoms with Crippen molar-refractivity contribution in [2.45, 2.75) is 103 Å². The van der Waals surface area contributed by atoms with E-state index in [0.29, 0.717) is 45.2 Å². The van der Waals surface area contributed by atoms with E-state index in [1.54, 1.807) is 11.0 Å². The van der Waals surface area contributed by atoms with Gasteiger partial charge in [-0.05, 0) is 57.8 Å². The first kappa shape index (κ1) is 30.4. The quantitative estimate of drug-likeness (QED) is 0.220. The van der Waals surface area contributed by atoms with Gasteiger partial charge >= 0.3 is 5.97 Å². The van der Waals surface area contributed by atoms with E-state index in [1.165, 1.54) is 6.08 Å². The molecule has 5 atom stereocenters. The minimum atomic E-state index is -1.10. The van der Waals surface area contributed by atoms with Gasteiger partial charge in [-0.15, -0.1) is 6.58 Å². The van der Waals surface area contributed by atoms with Gasteiger partial charge in [-0.2, -0.15) is 0 Å². The number of rotatable bonds is 13. The van der Waals surface area contributed by atoms with Gasteiger partial charge in [0.25, 0.3) is 0 Å². The van der Waals surface area contributed by atoms with Crippen LogP contribution in [-0.2, 0) is 23.9 Å². The van der Waals surface area contributed by atoms with E-state index >= 15 is 0 Å². The van der Waals surface area contributed by atoms with Gasteiger partial charge in [0, 0.05) is 25.2 Å². The number of likely N-dealkylation sites (tertiary alicyclic amines) is 1. The largest absolute Gasteiger partial charge is 0.461 e. The third-order valence-corrected chi connectivity index (χ3v) is 8.59. The van der Waals surface area contributed by atoms with E-state index in [1.807, 2.05) is 11.8 Å². The van der Waals surface area contributed by atoms with Gasteiger partial charge in [-0.1, -0.05) is 46.4 Å². The number of carbonyl (C=O) groups is 3. The second kappa shape index (κ2) is 11.1. The Balaban J connectivity index is 2.11. The lowest BCUT2D eigenvalue weighted by Gasteiger charge is -2.45. The van der Waals surface area contributed by atoms with E-state index in [0.717, 1.165) is 6.42 Å². The number of unbranched alkanes of at least 4 members (excludes halogenated alkanes) is 1. The second-order valence-corrected chi connectivity index (χ2v) is 13.0. The summed E-state index contributed by atoms with van der Waals surface area (Å²) >= 11 is 0. The SMILES string of the molecule is C=CCOC(=O)[C@@H]1[C@H]2C(=O)N(CCCCO)C(C(=O)N(CC=C)C(C)(C)CC(C)(C)C)C23CC[C@@]1(CC)O3. The van der Waals surface area contributed by atoms with Crippen LogP contribution >= 0.6 is 0 Å². The first-order valence-corrected chi connectivity index (χ1v) is 14.1. The minimum absolute atomic E-state index is 0.00235. The number of nitrogens with zero attached hydrogens (tertiary/aromatic N) is 2. The molecule has 2 bridgehead atoms. The van der Waals surface area contributed by atoms with E-state index < -0.39 is 40.6 Å². The monoisotopic (exact) mass is 532 g/mol. The highest BCUT2D eigenvalue weighted by Crippen LogP contribution is 2.64. The van der Waals surface area contributed by atoms with Crippen LogP contribution in [0.5, 0.6) is 0 Å². The predicted molar refractivity (Wildman–Crippen MR) is 146 cm³/mol. The van der Waals surface area contributed by atoms with Crippen LogP contribution in [0.1, 0.15) is 80.1 Å². The molecule has 0 aromatic heterocycles. The fraction of sp³-hybridized carbons (Fsp3) is 0.767. The highest BCUT2D eigenvalue weighted by molar-refractivity contribution is 5.98. The summed E-state index contributed by atoms with van der Waals surface area (Å²) in [4.78, 5) is 45.6. The molecule has 2 unspecified atom stereocenters. The zero-order chi connectivity index (χ0) is 28.5. The van der Waals surface area contributed by atoms with Crippen LogP contribution in [-0.4, -0.2) is 81.8 Å². The molecule has 0 saturated carbocycles. The third-order valence-electron chi connectivity index (χ3n) is 8.59. The molecule has 1 N–H and O–H groups in total. The van der Waals surface area contributed by atoms with Crippen LogP contribution in [0, 0.1) is 17.3 Å². The average Bonchev–Trinajstić information content (AvgIpc) is 3.43. The molecule has 8 nitrogen and oxygen atoms in total. The van der Waals surface area contributed by atoms with Crippen molar-refractivity contribution in [2.75, 3.05) is 26.3 Å². The molecule has 38 heavy (non-hydrogen) atoms.